The summed E-state index contributed by atoms with van der Waals surface area (Å²) >= 11 is 0. The van der Waals surface area contributed by atoms with Crippen molar-refractivity contribution in [3.63, 3.8) is 0 Å². The van der Waals surface area contributed by atoms with E-state index >= 15 is 0 Å². The van der Waals surface area contributed by atoms with Crippen molar-refractivity contribution < 1.29 is 26.3 Å². The topological polar surface area (TPSA) is 0 Å². The summed E-state index contributed by atoms with van der Waals surface area (Å²) in [6.07, 6.45) is -6.02. The summed E-state index contributed by atoms with van der Waals surface area (Å²) < 4.78 is 78.9. The zero-order chi connectivity index (χ0) is 16.7. The van der Waals surface area contributed by atoms with Crippen LogP contribution in [0.25, 0.3) is 12.2 Å². The summed E-state index contributed by atoms with van der Waals surface area (Å²) in [5, 5.41) is -0.381. The van der Waals surface area contributed by atoms with Gasteiger partial charge < -0.3 is 0 Å². The van der Waals surface area contributed by atoms with Gasteiger partial charge in [-0.1, -0.05) is 42.5 Å². The molecule has 0 saturated heterocycles. The number of hydrogen-bond donors (Lipinski definition) is 0. The van der Waals surface area contributed by atoms with Gasteiger partial charge in [0.2, 0.25) is 0 Å². The summed E-state index contributed by atoms with van der Waals surface area (Å²) in [5.74, 6) is -2.06. The maximum atomic E-state index is 13.2. The molecule has 0 aliphatic heterocycles. The third kappa shape index (κ3) is 3.26. The van der Waals surface area contributed by atoms with Crippen molar-refractivity contribution in [2.45, 2.75) is 19.3 Å². The van der Waals surface area contributed by atoms with E-state index in [1.54, 1.807) is 0 Å². The molecule has 0 saturated carbocycles. The molecule has 1 aliphatic rings. The molecule has 1 atom stereocenters. The average molecular weight is 318 g/mol. The molecule has 0 N–H and O–H groups in total. The van der Waals surface area contributed by atoms with E-state index in [4.69, 9.17) is 0 Å². The molecule has 1 aromatic rings. The highest BCUT2D eigenvalue weighted by Gasteiger charge is 2.42. The van der Waals surface area contributed by atoms with Gasteiger partial charge in [-0.25, -0.2) is 0 Å². The molecule has 1 aromatic carbocycles. The van der Waals surface area contributed by atoms with Crippen LogP contribution in [0.1, 0.15) is 12.5 Å². The van der Waals surface area contributed by atoms with Crippen molar-refractivity contribution >= 4 is 12.2 Å². The largest absolute Gasteiger partial charge is 0.417 e. The van der Waals surface area contributed by atoms with Gasteiger partial charge in [-0.15, -0.1) is 0 Å². The van der Waals surface area contributed by atoms with E-state index in [9.17, 15) is 26.3 Å². The molecular formula is C16H12F6. The van der Waals surface area contributed by atoms with E-state index in [2.05, 4.69) is 6.58 Å². The van der Waals surface area contributed by atoms with Gasteiger partial charge in [-0.2, -0.15) is 26.3 Å². The first kappa shape index (κ1) is 16.4. The Bertz CT molecular complexity index is 746. The zero-order valence-corrected chi connectivity index (χ0v) is 11.5. The Morgan fingerprint density at radius 3 is 2.18 bits per heavy atom. The standard InChI is InChI=1S/C16H12F6/c1-9-3-5-11(13(7-9)15(17,18)19)12-6-4-10(2)8-14(12)16(20,21)22/h3-8,14H,1H2,2H3/b12-11+. The highest BCUT2D eigenvalue weighted by molar-refractivity contribution is 5.66. The summed E-state index contributed by atoms with van der Waals surface area (Å²) in [6, 6.07) is 3.07. The van der Waals surface area contributed by atoms with E-state index in [1.165, 1.54) is 19.1 Å². The van der Waals surface area contributed by atoms with Crippen LogP contribution in [0.3, 0.4) is 0 Å². The van der Waals surface area contributed by atoms with Crippen LogP contribution in [0, 0.1) is 5.92 Å². The minimum atomic E-state index is -4.75. The Hall–Kier alpha value is -1.98. The van der Waals surface area contributed by atoms with E-state index in [0.717, 1.165) is 24.3 Å². The minimum Gasteiger partial charge on any atom is -0.170 e. The van der Waals surface area contributed by atoms with Gasteiger partial charge in [-0.05, 0) is 29.0 Å². The second-order valence-electron chi connectivity index (χ2n) is 5.10. The predicted molar refractivity (Wildman–Crippen MR) is 72.1 cm³/mol. The monoisotopic (exact) mass is 318 g/mol. The van der Waals surface area contributed by atoms with Crippen LogP contribution in [-0.2, 0) is 6.18 Å². The SMILES string of the molecule is C=c1cc/c(=C2/C=CC(C)=CC2C(F)(F)F)c(C(F)(F)F)c1. The molecule has 6 heteroatoms. The van der Waals surface area contributed by atoms with Gasteiger partial charge in [0, 0.05) is 0 Å². The van der Waals surface area contributed by atoms with Gasteiger partial charge in [0.25, 0.3) is 0 Å². The van der Waals surface area contributed by atoms with E-state index < -0.39 is 34.6 Å². The van der Waals surface area contributed by atoms with Crippen LogP contribution in [0.15, 0.2) is 42.0 Å². The Kier molecular flexibility index (Phi) is 3.98. The highest BCUT2D eigenvalue weighted by Crippen LogP contribution is 2.38. The fourth-order valence-corrected chi connectivity index (χ4v) is 2.34. The number of benzene rings is 1. The maximum absolute atomic E-state index is 13.2. The van der Waals surface area contributed by atoms with Gasteiger partial charge in [-0.3, -0.25) is 0 Å². The molecule has 0 aromatic heterocycles. The molecule has 0 fully saturated rings. The van der Waals surface area contributed by atoms with E-state index in [-0.39, 0.29) is 5.22 Å². The fraction of sp³-hybridized carbons (Fsp3) is 0.250. The molecule has 1 aliphatic carbocycles. The minimum absolute atomic E-state index is 0.0896. The maximum Gasteiger partial charge on any atom is 0.417 e. The van der Waals surface area contributed by atoms with Crippen molar-refractivity contribution in [3.05, 3.63) is 58.0 Å². The van der Waals surface area contributed by atoms with E-state index in [1.807, 2.05) is 0 Å². The Morgan fingerprint density at radius 2 is 1.64 bits per heavy atom. The normalized spacial score (nSPS) is 21.8. The lowest BCUT2D eigenvalue weighted by molar-refractivity contribution is -0.147. The highest BCUT2D eigenvalue weighted by atomic mass is 19.4. The molecule has 0 heterocycles. The second kappa shape index (κ2) is 5.34. The molecule has 0 radical (unpaired) electrons. The molecule has 2 rings (SSSR count). The third-order valence-corrected chi connectivity index (χ3v) is 3.34. The van der Waals surface area contributed by atoms with Crippen LogP contribution >= 0.6 is 0 Å². The smallest absolute Gasteiger partial charge is 0.170 e. The van der Waals surface area contributed by atoms with Crippen molar-refractivity contribution in [2.24, 2.45) is 5.92 Å². The molecule has 0 spiro atoms. The van der Waals surface area contributed by atoms with E-state index in [0.29, 0.717) is 5.57 Å². The van der Waals surface area contributed by atoms with Crippen LogP contribution in [0.4, 0.5) is 26.3 Å². The van der Waals surface area contributed by atoms with Crippen LogP contribution < -0.4 is 10.4 Å². The Labute approximate surface area is 122 Å². The van der Waals surface area contributed by atoms with Gasteiger partial charge >= 0.3 is 12.4 Å². The third-order valence-electron chi connectivity index (χ3n) is 3.34. The molecule has 118 valence electrons. The summed E-state index contributed by atoms with van der Waals surface area (Å²) in [4.78, 5) is 0. The van der Waals surface area contributed by atoms with Crippen molar-refractivity contribution in [3.8, 4) is 0 Å². The second-order valence-corrected chi connectivity index (χ2v) is 5.10. The predicted octanol–water partition coefficient (Wildman–Crippen LogP) is 3.96. The first-order valence-corrected chi connectivity index (χ1v) is 6.34. The van der Waals surface area contributed by atoms with Crippen LogP contribution in [0.5, 0.6) is 0 Å². The fourth-order valence-electron chi connectivity index (χ4n) is 2.34. The Morgan fingerprint density at radius 1 is 1.00 bits per heavy atom. The lowest BCUT2D eigenvalue weighted by Crippen LogP contribution is -2.31. The van der Waals surface area contributed by atoms with Gasteiger partial charge in [0.1, 0.15) is 0 Å². The molecule has 0 amide bonds. The number of allylic oxidation sites excluding steroid dienone is 4. The number of rotatable bonds is 0. The summed E-state index contributed by atoms with van der Waals surface area (Å²) in [5.41, 5.74) is -1.17. The molecule has 1 unspecified atom stereocenters. The summed E-state index contributed by atoms with van der Waals surface area (Å²) in [7, 11) is 0. The van der Waals surface area contributed by atoms with Crippen molar-refractivity contribution in [2.75, 3.05) is 0 Å². The number of alkyl halides is 6. The molecular weight excluding hydrogens is 306 g/mol. The van der Waals surface area contributed by atoms with Crippen molar-refractivity contribution in [1.29, 1.82) is 0 Å². The lowest BCUT2D eigenvalue weighted by atomic mass is 9.88. The molecule has 0 nitrogen and oxygen atoms in total. The first-order chi connectivity index (χ1) is 10.00. The number of halogens is 6. The Balaban J connectivity index is 2.84. The van der Waals surface area contributed by atoms with Gasteiger partial charge in [0.05, 0.1) is 11.5 Å². The zero-order valence-electron chi connectivity index (χ0n) is 11.5. The summed E-state index contributed by atoms with van der Waals surface area (Å²) in [6.45, 7) is 4.87. The molecule has 22 heavy (non-hydrogen) atoms. The quantitative estimate of drug-likeness (QED) is 0.635. The first-order valence-electron chi connectivity index (χ1n) is 6.34. The molecule has 0 bridgehead atoms. The van der Waals surface area contributed by atoms with Gasteiger partial charge in [0.15, 0.2) is 0 Å². The number of hydrogen-bond acceptors (Lipinski definition) is 0. The van der Waals surface area contributed by atoms with Crippen LogP contribution in [0.2, 0.25) is 0 Å². The van der Waals surface area contributed by atoms with Crippen molar-refractivity contribution in [1.82, 2.24) is 0 Å². The lowest BCUT2D eigenvalue weighted by Gasteiger charge is -2.23. The van der Waals surface area contributed by atoms with Crippen LogP contribution in [-0.4, -0.2) is 6.18 Å². The average Bonchev–Trinajstić information content (AvgIpc) is 2.37.